The van der Waals surface area contributed by atoms with Gasteiger partial charge in [0, 0.05) is 6.42 Å². The topological polar surface area (TPSA) is 105 Å². The number of hydrogen-bond donors (Lipinski definition) is 3. The number of rotatable bonds is 6. The number of carboxylic acids is 1. The predicted molar refractivity (Wildman–Crippen MR) is 70.1 cm³/mol. The fraction of sp³-hybridized carbons (Fsp3) is 0.750. The van der Waals surface area contributed by atoms with Crippen LogP contribution in [0.3, 0.4) is 0 Å². The molecule has 0 aromatic carbocycles. The molecule has 4 N–H and O–H groups in total. The van der Waals surface area contributed by atoms with Gasteiger partial charge in [-0.05, 0) is 18.3 Å². The van der Waals surface area contributed by atoms with Crippen molar-refractivity contribution in [2.24, 2.45) is 22.6 Å². The molecule has 0 aliphatic carbocycles. The summed E-state index contributed by atoms with van der Waals surface area (Å²) in [6.07, 6.45) is 0.716. The van der Waals surface area contributed by atoms with Crippen LogP contribution in [0.25, 0.3) is 0 Å². The molecule has 0 rings (SSSR count). The maximum atomic E-state index is 11.4. The van der Waals surface area contributed by atoms with Crippen LogP contribution in [0.5, 0.6) is 0 Å². The van der Waals surface area contributed by atoms with Crippen LogP contribution < -0.4 is 11.1 Å². The van der Waals surface area contributed by atoms with E-state index in [0.717, 1.165) is 0 Å². The quantitative estimate of drug-likeness (QED) is 0.487. The number of nitrogens with two attached hydrogens (primary N) is 1. The first-order valence-corrected chi connectivity index (χ1v) is 6.08. The lowest BCUT2D eigenvalue weighted by atomic mass is 10.0. The third kappa shape index (κ3) is 7.65. The molecule has 0 saturated carbocycles. The molecule has 0 spiro atoms. The Morgan fingerprint density at radius 1 is 1.22 bits per heavy atom. The molecule has 1 amide bonds. The molecule has 0 fully saturated rings. The molecule has 0 bridgehead atoms. The maximum absolute atomic E-state index is 11.4. The lowest BCUT2D eigenvalue weighted by Crippen LogP contribution is -2.39. The summed E-state index contributed by atoms with van der Waals surface area (Å²) < 4.78 is 0. The second-order valence-electron chi connectivity index (χ2n) is 5.14. The Kier molecular flexibility index (Phi) is 7.00. The highest BCUT2D eigenvalue weighted by atomic mass is 16.4. The van der Waals surface area contributed by atoms with Crippen molar-refractivity contribution in [3.63, 3.8) is 0 Å². The Morgan fingerprint density at radius 3 is 2.17 bits per heavy atom. The van der Waals surface area contributed by atoms with Crippen LogP contribution in [0.2, 0.25) is 0 Å². The van der Waals surface area contributed by atoms with Crippen molar-refractivity contribution in [2.75, 3.05) is 0 Å². The number of amides is 1. The van der Waals surface area contributed by atoms with Crippen LogP contribution in [-0.2, 0) is 9.59 Å². The molecular formula is C12H23N3O3. The van der Waals surface area contributed by atoms with Crippen LogP contribution in [0.15, 0.2) is 4.99 Å². The van der Waals surface area contributed by atoms with Gasteiger partial charge in [0.15, 0.2) is 12.0 Å². The number of guanidine groups is 1. The van der Waals surface area contributed by atoms with Crippen molar-refractivity contribution >= 4 is 17.8 Å². The van der Waals surface area contributed by atoms with Gasteiger partial charge in [0.05, 0.1) is 0 Å². The molecule has 18 heavy (non-hydrogen) atoms. The molecule has 0 saturated heterocycles. The van der Waals surface area contributed by atoms with E-state index >= 15 is 0 Å². The zero-order valence-corrected chi connectivity index (χ0v) is 11.4. The second kappa shape index (κ2) is 7.68. The van der Waals surface area contributed by atoms with Crippen molar-refractivity contribution in [2.45, 2.75) is 46.6 Å². The predicted octanol–water partition coefficient (Wildman–Crippen LogP) is 0.963. The van der Waals surface area contributed by atoms with Crippen LogP contribution in [0.1, 0.15) is 40.5 Å². The summed E-state index contributed by atoms with van der Waals surface area (Å²) in [6.45, 7) is 7.62. The maximum Gasteiger partial charge on any atom is 0.328 e. The van der Waals surface area contributed by atoms with Gasteiger partial charge in [-0.15, -0.1) is 0 Å². The SMILES string of the molecule is CC(C)CC(=O)NC(N)=N[C@H](CC(C)C)C(=O)O. The number of aliphatic carboxylic acids is 1. The fourth-order valence-corrected chi connectivity index (χ4v) is 1.42. The number of nitrogens with one attached hydrogen (secondary N) is 1. The van der Waals surface area contributed by atoms with E-state index in [1.807, 2.05) is 27.7 Å². The van der Waals surface area contributed by atoms with Crippen molar-refractivity contribution in [1.82, 2.24) is 5.32 Å². The smallest absolute Gasteiger partial charge is 0.328 e. The van der Waals surface area contributed by atoms with Crippen LogP contribution in [-0.4, -0.2) is 29.0 Å². The average Bonchev–Trinajstić information content (AvgIpc) is 2.13. The van der Waals surface area contributed by atoms with Gasteiger partial charge in [-0.25, -0.2) is 9.79 Å². The number of nitrogens with zero attached hydrogens (tertiary/aromatic N) is 1. The van der Waals surface area contributed by atoms with E-state index in [1.54, 1.807) is 0 Å². The van der Waals surface area contributed by atoms with Crippen molar-refractivity contribution in [3.05, 3.63) is 0 Å². The van der Waals surface area contributed by atoms with E-state index in [1.165, 1.54) is 0 Å². The highest BCUT2D eigenvalue weighted by molar-refractivity contribution is 5.97. The van der Waals surface area contributed by atoms with E-state index in [-0.39, 0.29) is 23.7 Å². The average molecular weight is 257 g/mol. The van der Waals surface area contributed by atoms with Gasteiger partial charge in [0.2, 0.25) is 5.91 Å². The minimum Gasteiger partial charge on any atom is -0.480 e. The number of aliphatic imine (C=N–C) groups is 1. The Hall–Kier alpha value is -1.59. The van der Waals surface area contributed by atoms with Crippen molar-refractivity contribution < 1.29 is 14.7 Å². The zero-order valence-electron chi connectivity index (χ0n) is 11.4. The molecule has 0 aliphatic rings. The summed E-state index contributed by atoms with van der Waals surface area (Å²) in [5.74, 6) is -1.02. The number of carbonyl (C=O) groups excluding carboxylic acids is 1. The van der Waals surface area contributed by atoms with E-state index < -0.39 is 12.0 Å². The van der Waals surface area contributed by atoms with Gasteiger partial charge in [-0.3, -0.25) is 10.1 Å². The molecule has 1 atom stereocenters. The Bertz CT molecular complexity index is 325. The highest BCUT2D eigenvalue weighted by Gasteiger charge is 2.18. The summed E-state index contributed by atoms with van der Waals surface area (Å²) in [5.41, 5.74) is 5.52. The summed E-state index contributed by atoms with van der Waals surface area (Å²) in [5, 5.41) is 11.4. The normalized spacial score (nSPS) is 13.8. The first-order chi connectivity index (χ1) is 8.22. The van der Waals surface area contributed by atoms with E-state index in [4.69, 9.17) is 10.8 Å². The molecule has 104 valence electrons. The monoisotopic (exact) mass is 257 g/mol. The lowest BCUT2D eigenvalue weighted by Gasteiger charge is -2.12. The van der Waals surface area contributed by atoms with Gasteiger partial charge in [-0.1, -0.05) is 27.7 Å². The van der Waals surface area contributed by atoms with Gasteiger partial charge >= 0.3 is 5.97 Å². The second-order valence-corrected chi connectivity index (χ2v) is 5.14. The van der Waals surface area contributed by atoms with Gasteiger partial charge in [0.1, 0.15) is 0 Å². The largest absolute Gasteiger partial charge is 0.480 e. The number of carbonyl (C=O) groups is 2. The number of hydrogen-bond acceptors (Lipinski definition) is 3. The Labute approximate surface area is 108 Å². The minimum absolute atomic E-state index is 0.131. The molecule has 0 radical (unpaired) electrons. The first-order valence-electron chi connectivity index (χ1n) is 6.08. The Morgan fingerprint density at radius 2 is 1.78 bits per heavy atom. The molecule has 0 unspecified atom stereocenters. The van der Waals surface area contributed by atoms with Gasteiger partial charge in [0.25, 0.3) is 0 Å². The van der Waals surface area contributed by atoms with E-state index in [2.05, 4.69) is 10.3 Å². The molecule has 0 aromatic rings. The molecular weight excluding hydrogens is 234 g/mol. The molecule has 0 aliphatic heterocycles. The number of carboxylic acid groups (broad SMARTS) is 1. The summed E-state index contributed by atoms with van der Waals surface area (Å²) >= 11 is 0. The van der Waals surface area contributed by atoms with Gasteiger partial charge in [-0.2, -0.15) is 0 Å². The highest BCUT2D eigenvalue weighted by Crippen LogP contribution is 2.08. The third-order valence-corrected chi connectivity index (χ3v) is 2.14. The van der Waals surface area contributed by atoms with Crippen molar-refractivity contribution in [3.8, 4) is 0 Å². The lowest BCUT2D eigenvalue weighted by molar-refractivity contribution is -0.138. The summed E-state index contributed by atoms with van der Waals surface area (Å²) in [7, 11) is 0. The summed E-state index contributed by atoms with van der Waals surface area (Å²) in [6, 6.07) is -0.913. The van der Waals surface area contributed by atoms with E-state index in [9.17, 15) is 9.59 Å². The standard InChI is InChI=1S/C12H23N3O3/c1-7(2)5-9(11(17)18)14-12(13)15-10(16)6-8(3)4/h7-9H,5-6H2,1-4H3,(H,17,18)(H3,13,14,15,16)/t9-/m1/s1. The minimum atomic E-state index is -1.04. The molecule has 0 heterocycles. The Balaban J connectivity index is 4.51. The van der Waals surface area contributed by atoms with Crippen LogP contribution in [0, 0.1) is 11.8 Å². The zero-order chi connectivity index (χ0) is 14.3. The van der Waals surface area contributed by atoms with Gasteiger partial charge < -0.3 is 10.8 Å². The molecule has 6 heteroatoms. The molecule has 6 nitrogen and oxygen atoms in total. The van der Waals surface area contributed by atoms with Crippen LogP contribution >= 0.6 is 0 Å². The summed E-state index contributed by atoms with van der Waals surface area (Å²) in [4.78, 5) is 26.2. The fourth-order valence-electron chi connectivity index (χ4n) is 1.42. The molecule has 0 aromatic heterocycles. The van der Waals surface area contributed by atoms with E-state index in [0.29, 0.717) is 12.8 Å². The van der Waals surface area contributed by atoms with Crippen LogP contribution in [0.4, 0.5) is 0 Å². The first kappa shape index (κ1) is 16.4. The third-order valence-electron chi connectivity index (χ3n) is 2.14. The van der Waals surface area contributed by atoms with Crippen molar-refractivity contribution in [1.29, 1.82) is 0 Å².